The number of aromatic amines is 1. The number of hydrogen-bond acceptors (Lipinski definition) is 4. The molecule has 2 fully saturated rings. The van der Waals surface area contributed by atoms with Gasteiger partial charge in [0.1, 0.15) is 6.54 Å². The molecule has 8 nitrogen and oxygen atoms in total. The third kappa shape index (κ3) is 2.52. The number of carbonyl (C=O) groups is 2. The maximum Gasteiger partial charge on any atom is 0.326 e. The highest BCUT2D eigenvalue weighted by molar-refractivity contribution is 5.86. The third-order valence-electron chi connectivity index (χ3n) is 5.71. The third-order valence-corrected chi connectivity index (χ3v) is 5.71. The summed E-state index contributed by atoms with van der Waals surface area (Å²) in [5, 5.41) is 2.74. The molecule has 0 spiro atoms. The van der Waals surface area contributed by atoms with Gasteiger partial charge in [-0.15, -0.1) is 0 Å². The zero-order chi connectivity index (χ0) is 18.3. The van der Waals surface area contributed by atoms with Gasteiger partial charge < -0.3 is 19.9 Å². The summed E-state index contributed by atoms with van der Waals surface area (Å²) in [6.07, 6.45) is 0.605. The first-order valence-electron chi connectivity index (χ1n) is 8.80. The summed E-state index contributed by atoms with van der Waals surface area (Å²) in [4.78, 5) is 42.1. The molecule has 2 saturated heterocycles. The number of aromatic nitrogens is 2. The first kappa shape index (κ1) is 16.8. The fourth-order valence-electron chi connectivity index (χ4n) is 4.26. The van der Waals surface area contributed by atoms with Crippen molar-refractivity contribution in [1.82, 2.24) is 19.8 Å². The molecule has 2 amide bonds. The Morgan fingerprint density at radius 1 is 1.38 bits per heavy atom. The number of para-hydroxylation sites is 2. The van der Waals surface area contributed by atoms with E-state index in [1.165, 1.54) is 4.57 Å². The number of carbonyl (C=O) groups excluding carboxylic acids is 2. The minimum Gasteiger partial charge on any atom is -0.381 e. The summed E-state index contributed by atoms with van der Waals surface area (Å²) >= 11 is 0. The van der Waals surface area contributed by atoms with Crippen LogP contribution >= 0.6 is 0 Å². The molecule has 8 heteroatoms. The van der Waals surface area contributed by atoms with Crippen molar-refractivity contribution in [2.45, 2.75) is 13.0 Å². The molecule has 0 unspecified atom stereocenters. The van der Waals surface area contributed by atoms with Crippen molar-refractivity contribution in [1.29, 1.82) is 0 Å². The molecule has 138 valence electrons. The van der Waals surface area contributed by atoms with Gasteiger partial charge in [-0.3, -0.25) is 14.2 Å². The Kier molecular flexibility index (Phi) is 4.07. The summed E-state index contributed by atoms with van der Waals surface area (Å²) < 4.78 is 6.98. The Hall–Kier alpha value is -2.61. The molecule has 2 aliphatic heterocycles. The van der Waals surface area contributed by atoms with Crippen LogP contribution in [0.4, 0.5) is 0 Å². The van der Waals surface area contributed by atoms with Gasteiger partial charge >= 0.3 is 5.69 Å². The molecule has 26 heavy (non-hydrogen) atoms. The van der Waals surface area contributed by atoms with E-state index in [2.05, 4.69) is 10.3 Å². The maximum absolute atomic E-state index is 12.9. The van der Waals surface area contributed by atoms with Crippen molar-refractivity contribution in [2.75, 3.05) is 33.4 Å². The van der Waals surface area contributed by atoms with Gasteiger partial charge in [0.25, 0.3) is 0 Å². The van der Waals surface area contributed by atoms with Crippen LogP contribution in [0.15, 0.2) is 29.1 Å². The van der Waals surface area contributed by atoms with E-state index in [-0.39, 0.29) is 30.0 Å². The standard InChI is InChI=1S/C18H22N4O4/c1-19-16(24)18-6-7-26-10-12(18)8-21(11-18)15(23)9-22-14-5-3-2-4-13(14)20-17(22)25/h2-5,12H,6-11H2,1H3,(H,19,24)(H,20,25)/t12-,18+/m1/s1. The minimum absolute atomic E-state index is 0.0140. The predicted octanol–water partition coefficient (Wildman–Crippen LogP) is -0.0593. The SMILES string of the molecule is CNC(=O)[C@]12CCOC[C@H]1CN(C(=O)Cn1c(=O)[nH]c3ccccc31)C2. The number of rotatable bonds is 3. The second kappa shape index (κ2) is 6.28. The van der Waals surface area contributed by atoms with E-state index in [1.54, 1.807) is 18.0 Å². The van der Waals surface area contributed by atoms with E-state index < -0.39 is 5.41 Å². The number of nitrogens with zero attached hydrogens (tertiary/aromatic N) is 2. The van der Waals surface area contributed by atoms with Crippen molar-refractivity contribution >= 4 is 22.8 Å². The molecule has 0 saturated carbocycles. The van der Waals surface area contributed by atoms with Crippen LogP contribution in [0.3, 0.4) is 0 Å². The number of imidazole rings is 1. The summed E-state index contributed by atoms with van der Waals surface area (Å²) in [6.45, 7) is 1.80. The lowest BCUT2D eigenvalue weighted by Crippen LogP contribution is -2.49. The number of fused-ring (bicyclic) bond motifs is 2. The van der Waals surface area contributed by atoms with Gasteiger partial charge in [0, 0.05) is 32.7 Å². The molecular formula is C18H22N4O4. The predicted molar refractivity (Wildman–Crippen MR) is 94.6 cm³/mol. The maximum atomic E-state index is 12.9. The van der Waals surface area contributed by atoms with Crippen LogP contribution in [0, 0.1) is 11.3 Å². The van der Waals surface area contributed by atoms with E-state index in [0.29, 0.717) is 43.8 Å². The largest absolute Gasteiger partial charge is 0.381 e. The normalized spacial score (nSPS) is 25.3. The molecule has 3 heterocycles. The van der Waals surface area contributed by atoms with Gasteiger partial charge in [-0.1, -0.05) is 12.1 Å². The summed E-state index contributed by atoms with van der Waals surface area (Å²) in [5.74, 6) is -0.209. The smallest absolute Gasteiger partial charge is 0.326 e. The molecule has 4 rings (SSSR count). The molecule has 0 aliphatic carbocycles. The Bertz CT molecular complexity index is 917. The van der Waals surface area contributed by atoms with Crippen molar-refractivity contribution in [3.63, 3.8) is 0 Å². The minimum atomic E-state index is -0.589. The zero-order valence-corrected chi connectivity index (χ0v) is 14.7. The van der Waals surface area contributed by atoms with Crippen LogP contribution in [0.2, 0.25) is 0 Å². The lowest BCUT2D eigenvalue weighted by molar-refractivity contribution is -0.139. The van der Waals surface area contributed by atoms with Crippen LogP contribution in [0.1, 0.15) is 6.42 Å². The summed E-state index contributed by atoms with van der Waals surface area (Å²) in [6, 6.07) is 7.28. The first-order valence-corrected chi connectivity index (χ1v) is 8.80. The van der Waals surface area contributed by atoms with E-state index >= 15 is 0 Å². The van der Waals surface area contributed by atoms with Gasteiger partial charge in [0.2, 0.25) is 11.8 Å². The molecular weight excluding hydrogens is 336 g/mol. The van der Waals surface area contributed by atoms with Crippen LogP contribution < -0.4 is 11.0 Å². The fourth-order valence-corrected chi connectivity index (χ4v) is 4.26. The first-order chi connectivity index (χ1) is 12.5. The Morgan fingerprint density at radius 3 is 3.00 bits per heavy atom. The molecule has 0 radical (unpaired) electrons. The van der Waals surface area contributed by atoms with E-state index in [9.17, 15) is 14.4 Å². The zero-order valence-electron chi connectivity index (χ0n) is 14.7. The number of nitrogens with one attached hydrogen (secondary N) is 2. The number of likely N-dealkylation sites (tertiary alicyclic amines) is 1. The highest BCUT2D eigenvalue weighted by Gasteiger charge is 2.54. The monoisotopic (exact) mass is 358 g/mol. The lowest BCUT2D eigenvalue weighted by Gasteiger charge is -2.36. The molecule has 1 aromatic heterocycles. The highest BCUT2D eigenvalue weighted by atomic mass is 16.5. The summed E-state index contributed by atoms with van der Waals surface area (Å²) in [5.41, 5.74) is 0.510. The van der Waals surface area contributed by atoms with E-state index in [1.807, 2.05) is 18.2 Å². The number of hydrogen-bond donors (Lipinski definition) is 2. The number of ether oxygens (including phenoxy) is 1. The van der Waals surface area contributed by atoms with Gasteiger partial charge in [0.05, 0.1) is 23.1 Å². The van der Waals surface area contributed by atoms with Gasteiger partial charge in [-0.2, -0.15) is 0 Å². The Morgan fingerprint density at radius 2 is 2.19 bits per heavy atom. The number of benzene rings is 1. The summed E-state index contributed by atoms with van der Waals surface area (Å²) in [7, 11) is 1.62. The lowest BCUT2D eigenvalue weighted by atomic mass is 9.73. The molecule has 2 N–H and O–H groups in total. The van der Waals surface area contributed by atoms with E-state index in [4.69, 9.17) is 4.74 Å². The Balaban J connectivity index is 1.58. The van der Waals surface area contributed by atoms with Crippen molar-refractivity contribution in [2.24, 2.45) is 11.3 Å². The van der Waals surface area contributed by atoms with Crippen LogP contribution in [0.25, 0.3) is 11.0 Å². The molecule has 1 aromatic carbocycles. The van der Waals surface area contributed by atoms with E-state index in [0.717, 1.165) is 0 Å². The van der Waals surface area contributed by atoms with Gasteiger partial charge in [-0.05, 0) is 18.6 Å². The molecule has 2 aliphatic rings. The average molecular weight is 358 g/mol. The number of amides is 2. The van der Waals surface area contributed by atoms with Crippen LogP contribution in [-0.4, -0.2) is 59.6 Å². The molecule has 0 bridgehead atoms. The van der Waals surface area contributed by atoms with Gasteiger partial charge in [-0.25, -0.2) is 4.79 Å². The van der Waals surface area contributed by atoms with Crippen molar-refractivity contribution < 1.29 is 14.3 Å². The quantitative estimate of drug-likeness (QED) is 0.803. The van der Waals surface area contributed by atoms with Gasteiger partial charge in [0.15, 0.2) is 0 Å². The van der Waals surface area contributed by atoms with Crippen molar-refractivity contribution in [3.05, 3.63) is 34.7 Å². The average Bonchev–Trinajstić information content (AvgIpc) is 3.20. The topological polar surface area (TPSA) is 96.4 Å². The number of H-pyrrole nitrogens is 1. The van der Waals surface area contributed by atoms with Crippen LogP contribution in [0.5, 0.6) is 0 Å². The van der Waals surface area contributed by atoms with Crippen LogP contribution in [-0.2, 0) is 20.9 Å². The second-order valence-electron chi connectivity index (χ2n) is 7.06. The highest BCUT2D eigenvalue weighted by Crippen LogP contribution is 2.42. The Labute approximate surface area is 150 Å². The second-order valence-corrected chi connectivity index (χ2v) is 7.06. The van der Waals surface area contributed by atoms with Crippen molar-refractivity contribution in [3.8, 4) is 0 Å². The molecule has 2 atom stereocenters. The fraction of sp³-hybridized carbons (Fsp3) is 0.500. The molecule has 2 aromatic rings.